The highest BCUT2D eigenvalue weighted by molar-refractivity contribution is 6.07. The van der Waals surface area contributed by atoms with Crippen molar-refractivity contribution in [2.75, 3.05) is 26.3 Å². The molecule has 3 saturated heterocycles. The number of benzene rings is 1. The van der Waals surface area contributed by atoms with E-state index in [2.05, 4.69) is 36.5 Å². The predicted octanol–water partition coefficient (Wildman–Crippen LogP) is 1.70. The highest BCUT2D eigenvalue weighted by Crippen LogP contribution is 2.30. The van der Waals surface area contributed by atoms with E-state index in [1.807, 2.05) is 4.90 Å². The zero-order chi connectivity index (χ0) is 19.7. The van der Waals surface area contributed by atoms with Gasteiger partial charge < -0.3 is 15.0 Å². The van der Waals surface area contributed by atoms with Crippen molar-refractivity contribution >= 4 is 17.8 Å². The average Bonchev–Trinajstić information content (AvgIpc) is 3.15. The summed E-state index contributed by atoms with van der Waals surface area (Å²) in [7, 11) is 0. The van der Waals surface area contributed by atoms with E-state index in [9.17, 15) is 14.4 Å². The predicted molar refractivity (Wildman–Crippen MR) is 102 cm³/mol. The maximum atomic E-state index is 12.9. The lowest BCUT2D eigenvalue weighted by Gasteiger charge is -2.30. The van der Waals surface area contributed by atoms with Crippen molar-refractivity contribution < 1.29 is 19.1 Å². The first-order valence-corrected chi connectivity index (χ1v) is 10.1. The van der Waals surface area contributed by atoms with Crippen LogP contribution in [0.4, 0.5) is 4.79 Å². The molecule has 1 spiro atoms. The Morgan fingerprint density at radius 3 is 2.46 bits per heavy atom. The molecular weight excluding hydrogens is 358 g/mol. The van der Waals surface area contributed by atoms with Crippen LogP contribution >= 0.6 is 0 Å². The SMILES string of the molecule is CCc1ccc(CN2CC(CN3C(=O)NC4(CCOCC4)C3=O)CC2=O)cc1. The Morgan fingerprint density at radius 1 is 1.11 bits per heavy atom. The number of likely N-dealkylation sites (tertiary alicyclic amines) is 1. The van der Waals surface area contributed by atoms with Gasteiger partial charge in [-0.1, -0.05) is 31.2 Å². The first-order chi connectivity index (χ1) is 13.5. The Kier molecular flexibility index (Phi) is 5.10. The normalized spacial score (nSPS) is 24.3. The maximum absolute atomic E-state index is 12.9. The average molecular weight is 385 g/mol. The number of aryl methyl sites for hydroxylation is 1. The summed E-state index contributed by atoms with van der Waals surface area (Å²) in [6, 6.07) is 7.97. The van der Waals surface area contributed by atoms with Gasteiger partial charge in [-0.05, 0) is 17.5 Å². The van der Waals surface area contributed by atoms with Gasteiger partial charge in [-0.25, -0.2) is 4.79 Å². The highest BCUT2D eigenvalue weighted by atomic mass is 16.5. The molecule has 1 N–H and O–H groups in total. The number of hydrogen-bond donors (Lipinski definition) is 1. The fourth-order valence-electron chi connectivity index (χ4n) is 4.39. The van der Waals surface area contributed by atoms with Crippen LogP contribution in [0.1, 0.15) is 37.3 Å². The van der Waals surface area contributed by atoms with Gasteiger partial charge in [0.05, 0.1) is 0 Å². The van der Waals surface area contributed by atoms with Crippen molar-refractivity contribution in [1.82, 2.24) is 15.1 Å². The lowest BCUT2D eigenvalue weighted by molar-refractivity contribution is -0.135. The minimum absolute atomic E-state index is 0.0212. The third-order valence-corrected chi connectivity index (χ3v) is 6.13. The van der Waals surface area contributed by atoms with Crippen molar-refractivity contribution in [3.05, 3.63) is 35.4 Å². The van der Waals surface area contributed by atoms with E-state index in [4.69, 9.17) is 4.74 Å². The molecule has 150 valence electrons. The lowest BCUT2D eigenvalue weighted by Crippen LogP contribution is -2.51. The second kappa shape index (κ2) is 7.54. The third kappa shape index (κ3) is 3.51. The second-order valence-electron chi connectivity index (χ2n) is 8.05. The maximum Gasteiger partial charge on any atom is 0.325 e. The van der Waals surface area contributed by atoms with E-state index in [-0.39, 0.29) is 23.8 Å². The third-order valence-electron chi connectivity index (χ3n) is 6.13. The molecular formula is C21H27N3O4. The molecule has 0 radical (unpaired) electrons. The molecule has 1 aromatic rings. The zero-order valence-corrected chi connectivity index (χ0v) is 16.3. The monoisotopic (exact) mass is 385 g/mol. The summed E-state index contributed by atoms with van der Waals surface area (Å²) in [5.74, 6) is -0.105. The summed E-state index contributed by atoms with van der Waals surface area (Å²) >= 11 is 0. The number of urea groups is 1. The molecule has 3 aliphatic rings. The number of rotatable bonds is 5. The number of amides is 4. The molecule has 7 nitrogen and oxygen atoms in total. The van der Waals surface area contributed by atoms with Crippen molar-refractivity contribution in [2.45, 2.75) is 44.7 Å². The van der Waals surface area contributed by atoms with E-state index in [1.54, 1.807) is 0 Å². The topological polar surface area (TPSA) is 79.0 Å². The van der Waals surface area contributed by atoms with Gasteiger partial charge in [0.25, 0.3) is 5.91 Å². The van der Waals surface area contributed by atoms with Crippen LogP contribution in [0, 0.1) is 5.92 Å². The molecule has 3 aliphatic heterocycles. The second-order valence-corrected chi connectivity index (χ2v) is 8.05. The van der Waals surface area contributed by atoms with E-state index < -0.39 is 5.54 Å². The Bertz CT molecular complexity index is 770. The summed E-state index contributed by atoms with van der Waals surface area (Å²) in [6.07, 6.45) is 2.39. The van der Waals surface area contributed by atoms with Crippen LogP contribution in [0.2, 0.25) is 0 Å². The first-order valence-electron chi connectivity index (χ1n) is 10.1. The molecule has 1 unspecified atom stereocenters. The number of carbonyl (C=O) groups is 3. The molecule has 1 atom stereocenters. The first kappa shape index (κ1) is 18.9. The summed E-state index contributed by atoms with van der Waals surface area (Å²) in [5.41, 5.74) is 1.57. The highest BCUT2D eigenvalue weighted by Gasteiger charge is 2.52. The van der Waals surface area contributed by atoms with Crippen LogP contribution in [0.3, 0.4) is 0 Å². The molecule has 0 aromatic heterocycles. The van der Waals surface area contributed by atoms with E-state index in [0.717, 1.165) is 12.0 Å². The Labute approximate surface area is 165 Å². The summed E-state index contributed by atoms with van der Waals surface area (Å²) in [6.45, 7) is 4.51. The Balaban J connectivity index is 1.37. The molecule has 4 amide bonds. The zero-order valence-electron chi connectivity index (χ0n) is 16.3. The summed E-state index contributed by atoms with van der Waals surface area (Å²) in [5, 5.41) is 2.88. The van der Waals surface area contributed by atoms with Crippen molar-refractivity contribution in [3.8, 4) is 0 Å². The number of hydrogen-bond acceptors (Lipinski definition) is 4. The molecule has 0 aliphatic carbocycles. The van der Waals surface area contributed by atoms with Crippen molar-refractivity contribution in [3.63, 3.8) is 0 Å². The van der Waals surface area contributed by atoms with Gasteiger partial charge in [-0.2, -0.15) is 0 Å². The van der Waals surface area contributed by atoms with Crippen molar-refractivity contribution in [1.29, 1.82) is 0 Å². The quantitative estimate of drug-likeness (QED) is 0.783. The van der Waals surface area contributed by atoms with Gasteiger partial charge in [0.15, 0.2) is 0 Å². The smallest absolute Gasteiger partial charge is 0.325 e. The van der Waals surface area contributed by atoms with Gasteiger partial charge in [0, 0.05) is 58.0 Å². The number of imide groups is 1. The standard InChI is InChI=1S/C21H27N3O4/c1-2-15-3-5-16(6-4-15)12-23-13-17(11-18(23)25)14-24-19(26)21(22-20(24)27)7-9-28-10-8-21/h3-6,17H,2,7-14H2,1H3,(H,22,27). The number of nitrogens with one attached hydrogen (secondary N) is 1. The molecule has 28 heavy (non-hydrogen) atoms. The molecule has 4 rings (SSSR count). The van der Waals surface area contributed by atoms with Gasteiger partial charge >= 0.3 is 6.03 Å². The van der Waals surface area contributed by atoms with Crippen LogP contribution in [0.25, 0.3) is 0 Å². The van der Waals surface area contributed by atoms with E-state index in [1.165, 1.54) is 10.5 Å². The molecule has 7 heteroatoms. The van der Waals surface area contributed by atoms with Crippen LogP contribution in [0.15, 0.2) is 24.3 Å². The van der Waals surface area contributed by atoms with Crippen molar-refractivity contribution in [2.24, 2.45) is 5.92 Å². The van der Waals surface area contributed by atoms with Crippen LogP contribution in [-0.4, -0.2) is 59.5 Å². The van der Waals surface area contributed by atoms with Crippen LogP contribution < -0.4 is 5.32 Å². The van der Waals surface area contributed by atoms with Crippen LogP contribution in [0.5, 0.6) is 0 Å². The van der Waals surface area contributed by atoms with Gasteiger partial charge in [0.1, 0.15) is 5.54 Å². The number of nitrogens with zero attached hydrogens (tertiary/aromatic N) is 2. The van der Waals surface area contributed by atoms with Gasteiger partial charge in [0.2, 0.25) is 5.91 Å². The Morgan fingerprint density at radius 2 is 1.79 bits per heavy atom. The van der Waals surface area contributed by atoms with E-state index in [0.29, 0.717) is 52.1 Å². The minimum atomic E-state index is -0.807. The number of ether oxygens (including phenoxy) is 1. The van der Waals surface area contributed by atoms with Gasteiger partial charge in [-0.3, -0.25) is 14.5 Å². The van der Waals surface area contributed by atoms with Crippen LogP contribution in [-0.2, 0) is 27.3 Å². The summed E-state index contributed by atoms with van der Waals surface area (Å²) in [4.78, 5) is 40.9. The largest absolute Gasteiger partial charge is 0.381 e. The molecule has 0 saturated carbocycles. The lowest BCUT2D eigenvalue weighted by atomic mass is 9.90. The Hall–Kier alpha value is -2.41. The molecule has 1 aromatic carbocycles. The molecule has 3 heterocycles. The fraction of sp³-hybridized carbons (Fsp3) is 0.571. The molecule has 0 bridgehead atoms. The number of carbonyl (C=O) groups excluding carboxylic acids is 3. The van der Waals surface area contributed by atoms with E-state index >= 15 is 0 Å². The van der Waals surface area contributed by atoms with Gasteiger partial charge in [-0.15, -0.1) is 0 Å². The molecule has 3 fully saturated rings. The fourth-order valence-corrected chi connectivity index (χ4v) is 4.39. The summed E-state index contributed by atoms with van der Waals surface area (Å²) < 4.78 is 5.33. The minimum Gasteiger partial charge on any atom is -0.381 e.